The second-order valence-corrected chi connectivity index (χ2v) is 2.96. The maximum absolute atomic E-state index is 10.8. The molecule has 0 saturated carbocycles. The summed E-state index contributed by atoms with van der Waals surface area (Å²) < 4.78 is 0. The summed E-state index contributed by atoms with van der Waals surface area (Å²) in [5.41, 5.74) is 0. The summed E-state index contributed by atoms with van der Waals surface area (Å²) in [7, 11) is 0. The second-order valence-electron chi connectivity index (χ2n) is 2.96. The van der Waals surface area contributed by atoms with Gasteiger partial charge in [0.05, 0.1) is 0 Å². The minimum Gasteiger partial charge on any atom is -0.303 e. The lowest BCUT2D eigenvalue weighted by molar-refractivity contribution is -0.120. The maximum atomic E-state index is 10.8. The SMILES string of the molecule is N#CNC(=O)CCN1CCCC1. The van der Waals surface area contributed by atoms with Gasteiger partial charge in [0.2, 0.25) is 5.91 Å². The Labute approximate surface area is 72.2 Å². The molecule has 1 aliphatic rings. The molecule has 1 N–H and O–H groups in total. The van der Waals surface area contributed by atoms with Gasteiger partial charge in [0, 0.05) is 13.0 Å². The van der Waals surface area contributed by atoms with E-state index in [1.54, 1.807) is 6.19 Å². The van der Waals surface area contributed by atoms with Crippen LogP contribution < -0.4 is 5.32 Å². The fourth-order valence-electron chi connectivity index (χ4n) is 1.39. The molecule has 0 aromatic carbocycles. The number of rotatable bonds is 3. The van der Waals surface area contributed by atoms with Gasteiger partial charge in [0.1, 0.15) is 0 Å². The number of hydrogen-bond acceptors (Lipinski definition) is 3. The Kier molecular flexibility index (Phi) is 3.55. The van der Waals surface area contributed by atoms with Crippen molar-refractivity contribution in [2.24, 2.45) is 0 Å². The van der Waals surface area contributed by atoms with Gasteiger partial charge in [-0.25, -0.2) is 0 Å². The molecule has 1 fully saturated rings. The number of nitriles is 1. The first-order chi connectivity index (χ1) is 5.83. The van der Waals surface area contributed by atoms with Crippen LogP contribution in [0.1, 0.15) is 19.3 Å². The van der Waals surface area contributed by atoms with Gasteiger partial charge in [0.15, 0.2) is 6.19 Å². The Morgan fingerprint density at radius 1 is 1.50 bits per heavy atom. The van der Waals surface area contributed by atoms with E-state index >= 15 is 0 Å². The molecule has 0 aromatic heterocycles. The predicted molar refractivity (Wildman–Crippen MR) is 44.0 cm³/mol. The molecular formula is C8H13N3O. The van der Waals surface area contributed by atoms with Crippen LogP contribution in [0.15, 0.2) is 0 Å². The van der Waals surface area contributed by atoms with Gasteiger partial charge < -0.3 is 4.90 Å². The molecule has 4 nitrogen and oxygen atoms in total. The van der Waals surface area contributed by atoms with E-state index in [2.05, 4.69) is 10.2 Å². The van der Waals surface area contributed by atoms with Crippen LogP contribution in [0.3, 0.4) is 0 Å². The molecule has 1 saturated heterocycles. The van der Waals surface area contributed by atoms with Gasteiger partial charge in [-0.3, -0.25) is 10.1 Å². The van der Waals surface area contributed by atoms with Crippen LogP contribution in [0.5, 0.6) is 0 Å². The molecule has 1 aliphatic heterocycles. The Morgan fingerprint density at radius 2 is 2.17 bits per heavy atom. The highest BCUT2D eigenvalue weighted by molar-refractivity contribution is 5.77. The summed E-state index contributed by atoms with van der Waals surface area (Å²) in [5, 5.41) is 10.2. The standard InChI is InChI=1S/C8H13N3O/c9-7-10-8(12)3-6-11-4-1-2-5-11/h1-6H2,(H,10,12). The van der Waals surface area contributed by atoms with Crippen molar-refractivity contribution < 1.29 is 4.79 Å². The van der Waals surface area contributed by atoms with Crippen molar-refractivity contribution in [2.75, 3.05) is 19.6 Å². The highest BCUT2D eigenvalue weighted by Gasteiger charge is 2.12. The van der Waals surface area contributed by atoms with Crippen LogP contribution in [0, 0.1) is 11.5 Å². The van der Waals surface area contributed by atoms with Gasteiger partial charge in [-0.15, -0.1) is 0 Å². The van der Waals surface area contributed by atoms with E-state index in [-0.39, 0.29) is 5.91 Å². The van der Waals surface area contributed by atoms with Gasteiger partial charge in [0.25, 0.3) is 0 Å². The van der Waals surface area contributed by atoms with Crippen molar-refractivity contribution in [1.29, 1.82) is 5.26 Å². The van der Waals surface area contributed by atoms with Crippen LogP contribution in [-0.4, -0.2) is 30.4 Å². The van der Waals surface area contributed by atoms with E-state index in [9.17, 15) is 4.79 Å². The zero-order chi connectivity index (χ0) is 8.81. The monoisotopic (exact) mass is 167 g/mol. The van der Waals surface area contributed by atoms with Crippen LogP contribution in [0.25, 0.3) is 0 Å². The van der Waals surface area contributed by atoms with E-state index in [4.69, 9.17) is 5.26 Å². The minimum absolute atomic E-state index is 0.176. The Balaban J connectivity index is 2.08. The van der Waals surface area contributed by atoms with E-state index in [0.717, 1.165) is 19.6 Å². The molecule has 0 bridgehead atoms. The number of nitrogens with one attached hydrogen (secondary N) is 1. The van der Waals surface area contributed by atoms with E-state index in [1.165, 1.54) is 12.8 Å². The van der Waals surface area contributed by atoms with Crippen molar-refractivity contribution in [3.8, 4) is 6.19 Å². The maximum Gasteiger partial charge on any atom is 0.234 e. The number of likely N-dealkylation sites (tertiary alicyclic amines) is 1. The largest absolute Gasteiger partial charge is 0.303 e. The third-order valence-corrected chi connectivity index (χ3v) is 2.05. The predicted octanol–water partition coefficient (Wildman–Crippen LogP) is 0.0696. The fraction of sp³-hybridized carbons (Fsp3) is 0.750. The lowest BCUT2D eigenvalue weighted by Crippen LogP contribution is -2.26. The first-order valence-electron chi connectivity index (χ1n) is 4.23. The van der Waals surface area contributed by atoms with Crippen LogP contribution >= 0.6 is 0 Å². The number of amides is 1. The third-order valence-electron chi connectivity index (χ3n) is 2.05. The van der Waals surface area contributed by atoms with E-state index < -0.39 is 0 Å². The Hall–Kier alpha value is -1.08. The summed E-state index contributed by atoms with van der Waals surface area (Å²) in [5.74, 6) is -0.176. The van der Waals surface area contributed by atoms with E-state index in [1.807, 2.05) is 0 Å². The summed E-state index contributed by atoms with van der Waals surface area (Å²) in [6.45, 7) is 2.98. The Bertz CT molecular complexity index is 191. The zero-order valence-electron chi connectivity index (χ0n) is 7.05. The normalized spacial score (nSPS) is 17.2. The van der Waals surface area contributed by atoms with Crippen molar-refractivity contribution in [1.82, 2.24) is 10.2 Å². The second kappa shape index (κ2) is 4.73. The molecule has 0 unspecified atom stereocenters. The van der Waals surface area contributed by atoms with Gasteiger partial charge in [-0.1, -0.05) is 0 Å². The molecule has 4 heteroatoms. The smallest absolute Gasteiger partial charge is 0.234 e. The molecular weight excluding hydrogens is 154 g/mol. The summed E-state index contributed by atoms with van der Waals surface area (Å²) >= 11 is 0. The summed E-state index contributed by atoms with van der Waals surface area (Å²) in [4.78, 5) is 13.1. The fourth-order valence-corrected chi connectivity index (χ4v) is 1.39. The van der Waals surface area contributed by atoms with Crippen LogP contribution in [0.2, 0.25) is 0 Å². The average molecular weight is 167 g/mol. The summed E-state index contributed by atoms with van der Waals surface area (Å²) in [6, 6.07) is 0. The molecule has 0 aliphatic carbocycles. The highest BCUT2D eigenvalue weighted by Crippen LogP contribution is 2.06. The molecule has 1 heterocycles. The molecule has 66 valence electrons. The average Bonchev–Trinajstić information content (AvgIpc) is 2.53. The van der Waals surface area contributed by atoms with Crippen LogP contribution in [-0.2, 0) is 4.79 Å². The Morgan fingerprint density at radius 3 is 2.75 bits per heavy atom. The van der Waals surface area contributed by atoms with Crippen LogP contribution in [0.4, 0.5) is 0 Å². The topological polar surface area (TPSA) is 56.1 Å². The van der Waals surface area contributed by atoms with Gasteiger partial charge in [-0.05, 0) is 25.9 Å². The molecule has 0 aromatic rings. The van der Waals surface area contributed by atoms with Crippen molar-refractivity contribution in [3.63, 3.8) is 0 Å². The lowest BCUT2D eigenvalue weighted by atomic mass is 10.4. The third kappa shape index (κ3) is 2.89. The van der Waals surface area contributed by atoms with E-state index in [0.29, 0.717) is 6.42 Å². The van der Waals surface area contributed by atoms with Gasteiger partial charge >= 0.3 is 0 Å². The first-order valence-corrected chi connectivity index (χ1v) is 4.23. The lowest BCUT2D eigenvalue weighted by Gasteiger charge is -2.12. The van der Waals surface area contributed by atoms with Crippen molar-refractivity contribution >= 4 is 5.91 Å². The highest BCUT2D eigenvalue weighted by atomic mass is 16.1. The quantitative estimate of drug-likeness (QED) is 0.478. The zero-order valence-corrected chi connectivity index (χ0v) is 7.05. The number of carbonyl (C=O) groups excluding carboxylic acids is 1. The minimum atomic E-state index is -0.176. The molecule has 0 spiro atoms. The number of hydrogen-bond donors (Lipinski definition) is 1. The molecule has 0 atom stereocenters. The van der Waals surface area contributed by atoms with Gasteiger partial charge in [-0.2, -0.15) is 5.26 Å². The molecule has 1 rings (SSSR count). The van der Waals surface area contributed by atoms with Crippen molar-refractivity contribution in [2.45, 2.75) is 19.3 Å². The molecule has 12 heavy (non-hydrogen) atoms. The number of nitrogens with zero attached hydrogens (tertiary/aromatic N) is 2. The first kappa shape index (κ1) is 9.01. The summed E-state index contributed by atoms with van der Waals surface area (Å²) in [6.07, 6.45) is 4.53. The molecule has 0 radical (unpaired) electrons. The van der Waals surface area contributed by atoms with Crippen molar-refractivity contribution in [3.05, 3.63) is 0 Å². The molecule has 1 amide bonds. The number of carbonyl (C=O) groups is 1.